The van der Waals surface area contributed by atoms with Crippen molar-refractivity contribution in [2.45, 2.75) is 18.4 Å². The van der Waals surface area contributed by atoms with Gasteiger partial charge in [-0.3, -0.25) is 10.1 Å². The molecule has 2 N–H and O–H groups in total. The molecule has 0 saturated heterocycles. The molecule has 0 radical (unpaired) electrons. The molecule has 6 heteroatoms. The van der Waals surface area contributed by atoms with Gasteiger partial charge in [-0.05, 0) is 25.0 Å². The van der Waals surface area contributed by atoms with Crippen molar-refractivity contribution in [3.63, 3.8) is 0 Å². The van der Waals surface area contributed by atoms with E-state index in [1.165, 1.54) is 7.11 Å². The number of ether oxygens (including phenoxy) is 1. The fraction of sp³-hybridized carbons (Fsp3) is 0.455. The van der Waals surface area contributed by atoms with E-state index in [4.69, 9.17) is 4.74 Å². The van der Waals surface area contributed by atoms with Gasteiger partial charge in [-0.15, -0.1) is 0 Å². The van der Waals surface area contributed by atoms with E-state index < -0.39 is 10.5 Å². The standard InChI is InChI=1S/C11H14N2O4/c1-17-9-4-2-3-8(10(9)13(15)16)12-11(7-14)5-6-11/h2-4,12,14H,5-7H2,1H3. The summed E-state index contributed by atoms with van der Waals surface area (Å²) in [6, 6.07) is 4.85. The quantitative estimate of drug-likeness (QED) is 0.600. The lowest BCUT2D eigenvalue weighted by atomic mass is 10.2. The average molecular weight is 238 g/mol. The molecule has 0 atom stereocenters. The van der Waals surface area contributed by atoms with Gasteiger partial charge in [-0.25, -0.2) is 0 Å². The first-order chi connectivity index (χ1) is 8.12. The van der Waals surface area contributed by atoms with Crippen molar-refractivity contribution < 1.29 is 14.8 Å². The van der Waals surface area contributed by atoms with Crippen LogP contribution in [0.25, 0.3) is 0 Å². The van der Waals surface area contributed by atoms with Crippen LogP contribution in [0, 0.1) is 10.1 Å². The molecular weight excluding hydrogens is 224 g/mol. The highest BCUT2D eigenvalue weighted by atomic mass is 16.6. The molecule has 1 aliphatic carbocycles. The van der Waals surface area contributed by atoms with Gasteiger partial charge in [0.05, 0.1) is 24.2 Å². The second-order valence-corrected chi connectivity index (χ2v) is 4.18. The van der Waals surface area contributed by atoms with Crippen LogP contribution >= 0.6 is 0 Å². The summed E-state index contributed by atoms with van der Waals surface area (Å²) in [5, 5.41) is 23.3. The van der Waals surface area contributed by atoms with Crippen molar-refractivity contribution in [1.29, 1.82) is 0 Å². The molecule has 1 aromatic carbocycles. The molecule has 0 amide bonds. The van der Waals surface area contributed by atoms with Gasteiger partial charge in [-0.2, -0.15) is 0 Å². The summed E-state index contributed by atoms with van der Waals surface area (Å²) in [5.41, 5.74) is -0.0902. The summed E-state index contributed by atoms with van der Waals surface area (Å²) in [5.74, 6) is 0.216. The molecule has 1 fully saturated rings. The van der Waals surface area contributed by atoms with E-state index in [0.717, 1.165) is 12.8 Å². The molecule has 92 valence electrons. The smallest absolute Gasteiger partial charge is 0.333 e. The molecule has 0 bridgehead atoms. The highest BCUT2D eigenvalue weighted by Gasteiger charge is 2.43. The minimum Gasteiger partial charge on any atom is -0.490 e. The Bertz CT molecular complexity index is 443. The maximum atomic E-state index is 11.0. The molecule has 0 aliphatic heterocycles. The second-order valence-electron chi connectivity index (χ2n) is 4.18. The number of nitro benzene ring substituents is 1. The number of benzene rings is 1. The summed E-state index contributed by atoms with van der Waals surface area (Å²) in [6.07, 6.45) is 1.63. The van der Waals surface area contributed by atoms with Crippen LogP contribution in [0.2, 0.25) is 0 Å². The summed E-state index contributed by atoms with van der Waals surface area (Å²) < 4.78 is 4.97. The van der Waals surface area contributed by atoms with Crippen molar-refractivity contribution in [1.82, 2.24) is 0 Å². The van der Waals surface area contributed by atoms with Gasteiger partial charge in [0.25, 0.3) is 0 Å². The largest absolute Gasteiger partial charge is 0.490 e. The Morgan fingerprint density at radius 2 is 2.29 bits per heavy atom. The third kappa shape index (κ3) is 2.16. The number of nitrogens with zero attached hydrogens (tertiary/aromatic N) is 1. The van der Waals surface area contributed by atoms with Crippen LogP contribution in [-0.2, 0) is 0 Å². The molecule has 0 heterocycles. The maximum absolute atomic E-state index is 11.0. The molecule has 0 spiro atoms. The first-order valence-corrected chi connectivity index (χ1v) is 5.32. The van der Waals surface area contributed by atoms with Crippen LogP contribution in [0.1, 0.15) is 12.8 Å². The van der Waals surface area contributed by atoms with Gasteiger partial charge in [0.2, 0.25) is 0 Å². The van der Waals surface area contributed by atoms with Crippen LogP contribution in [0.15, 0.2) is 18.2 Å². The molecule has 1 aromatic rings. The van der Waals surface area contributed by atoms with Gasteiger partial charge in [0.15, 0.2) is 5.75 Å². The number of aliphatic hydroxyl groups excluding tert-OH is 1. The van der Waals surface area contributed by atoms with E-state index in [-0.39, 0.29) is 18.0 Å². The predicted molar refractivity (Wildman–Crippen MR) is 62.3 cm³/mol. The summed E-state index contributed by atoms with van der Waals surface area (Å²) in [7, 11) is 1.39. The van der Waals surface area contributed by atoms with E-state index in [1.54, 1.807) is 18.2 Å². The Morgan fingerprint density at radius 1 is 1.59 bits per heavy atom. The molecule has 6 nitrogen and oxygen atoms in total. The summed E-state index contributed by atoms with van der Waals surface area (Å²) in [4.78, 5) is 10.5. The van der Waals surface area contributed by atoms with Gasteiger partial charge in [-0.1, -0.05) is 6.07 Å². The fourth-order valence-corrected chi connectivity index (χ4v) is 1.74. The predicted octanol–water partition coefficient (Wildman–Crippen LogP) is 1.54. The van der Waals surface area contributed by atoms with Gasteiger partial charge < -0.3 is 15.2 Å². The van der Waals surface area contributed by atoms with Gasteiger partial charge in [0, 0.05) is 0 Å². The third-order valence-corrected chi connectivity index (χ3v) is 2.96. The van der Waals surface area contributed by atoms with Crippen molar-refractivity contribution in [2.24, 2.45) is 0 Å². The monoisotopic (exact) mass is 238 g/mol. The minimum atomic E-state index is -0.478. The first-order valence-electron chi connectivity index (χ1n) is 5.32. The number of para-hydroxylation sites is 1. The Kier molecular flexibility index (Phi) is 2.89. The van der Waals surface area contributed by atoms with Crippen LogP contribution in [0.4, 0.5) is 11.4 Å². The van der Waals surface area contributed by atoms with Crippen molar-refractivity contribution in [2.75, 3.05) is 19.0 Å². The zero-order valence-electron chi connectivity index (χ0n) is 9.47. The SMILES string of the molecule is COc1cccc(NC2(CO)CC2)c1[N+](=O)[O-]. The highest BCUT2D eigenvalue weighted by Crippen LogP contribution is 2.43. The highest BCUT2D eigenvalue weighted by molar-refractivity contribution is 5.69. The van der Waals surface area contributed by atoms with Gasteiger partial charge >= 0.3 is 5.69 Å². The van der Waals surface area contributed by atoms with E-state index in [0.29, 0.717) is 5.69 Å². The van der Waals surface area contributed by atoms with E-state index in [1.807, 2.05) is 0 Å². The van der Waals surface area contributed by atoms with Crippen molar-refractivity contribution in [3.05, 3.63) is 28.3 Å². The van der Waals surface area contributed by atoms with E-state index in [2.05, 4.69) is 5.32 Å². The van der Waals surface area contributed by atoms with Crippen LogP contribution in [-0.4, -0.2) is 29.3 Å². The molecule has 0 aromatic heterocycles. The Morgan fingerprint density at radius 3 is 2.76 bits per heavy atom. The summed E-state index contributed by atoms with van der Waals surface area (Å²) in [6.45, 7) is -0.0264. The lowest BCUT2D eigenvalue weighted by Crippen LogP contribution is -2.26. The number of nitro groups is 1. The van der Waals surface area contributed by atoms with Crippen molar-refractivity contribution in [3.8, 4) is 5.75 Å². The lowest BCUT2D eigenvalue weighted by molar-refractivity contribution is -0.384. The Labute approximate surface area is 98.4 Å². The van der Waals surface area contributed by atoms with Gasteiger partial charge in [0.1, 0.15) is 5.69 Å². The average Bonchev–Trinajstić information content (AvgIpc) is 3.08. The third-order valence-electron chi connectivity index (χ3n) is 2.96. The maximum Gasteiger partial charge on any atom is 0.333 e. The number of methoxy groups -OCH3 is 1. The number of aliphatic hydroxyl groups is 1. The molecule has 1 saturated carbocycles. The normalized spacial score (nSPS) is 16.4. The minimum absolute atomic E-state index is 0.0264. The van der Waals surface area contributed by atoms with Crippen LogP contribution in [0.3, 0.4) is 0 Å². The fourth-order valence-electron chi connectivity index (χ4n) is 1.74. The molecule has 2 rings (SSSR count). The van der Waals surface area contributed by atoms with E-state index in [9.17, 15) is 15.2 Å². The molecule has 1 aliphatic rings. The van der Waals surface area contributed by atoms with Crippen LogP contribution < -0.4 is 10.1 Å². The Balaban J connectivity index is 2.36. The molecule has 0 unspecified atom stereocenters. The topological polar surface area (TPSA) is 84.6 Å². The number of anilines is 1. The zero-order chi connectivity index (χ0) is 12.5. The number of hydrogen-bond acceptors (Lipinski definition) is 5. The zero-order valence-corrected chi connectivity index (χ0v) is 9.47. The number of hydrogen-bond donors (Lipinski definition) is 2. The number of rotatable bonds is 5. The molecule has 17 heavy (non-hydrogen) atoms. The summed E-state index contributed by atoms with van der Waals surface area (Å²) >= 11 is 0. The first kappa shape index (κ1) is 11.7. The van der Waals surface area contributed by atoms with Crippen molar-refractivity contribution >= 4 is 11.4 Å². The second kappa shape index (κ2) is 4.21. The number of nitrogens with one attached hydrogen (secondary N) is 1. The van der Waals surface area contributed by atoms with Crippen LogP contribution in [0.5, 0.6) is 5.75 Å². The van der Waals surface area contributed by atoms with E-state index >= 15 is 0 Å². The lowest BCUT2D eigenvalue weighted by Gasteiger charge is -2.16. The Hall–Kier alpha value is -1.82. The molecular formula is C11H14N2O4.